The molecular weight excluding hydrogens is 166 g/mol. The monoisotopic (exact) mass is 177 g/mol. The van der Waals surface area contributed by atoms with Crippen LogP contribution >= 0.6 is 0 Å². The van der Waals surface area contributed by atoms with Gasteiger partial charge in [-0.2, -0.15) is 0 Å². The number of carbonyl (C=O) groups excluding carboxylic acids is 1. The summed E-state index contributed by atoms with van der Waals surface area (Å²) in [5, 5.41) is 36.3. The van der Waals surface area contributed by atoms with Gasteiger partial charge >= 0.3 is 0 Å². The number of likely N-dealkylation sites (tertiary alicyclic amines) is 1. The van der Waals surface area contributed by atoms with Crippen LogP contribution in [0.2, 0.25) is 0 Å². The van der Waals surface area contributed by atoms with E-state index in [1.807, 2.05) is 0 Å². The smallest absolute Gasteiger partial charge is 0.212 e. The van der Waals surface area contributed by atoms with Gasteiger partial charge in [-0.25, -0.2) is 0 Å². The fraction of sp³-hybridized carbons (Fsp3) is 0.833. The molecule has 1 saturated heterocycles. The quantitative estimate of drug-likeness (QED) is 0.334. The molecule has 0 aromatic carbocycles. The first kappa shape index (κ1) is 9.40. The molecule has 0 aliphatic carbocycles. The summed E-state index contributed by atoms with van der Waals surface area (Å²) in [6.07, 6.45) is -2.46. The van der Waals surface area contributed by atoms with Crippen LogP contribution in [0.3, 0.4) is 0 Å². The first-order valence-corrected chi connectivity index (χ1v) is 3.47. The molecule has 70 valence electrons. The van der Waals surface area contributed by atoms with E-state index >= 15 is 0 Å². The molecule has 6 nitrogen and oxygen atoms in total. The highest BCUT2D eigenvalue weighted by Crippen LogP contribution is 2.25. The first-order valence-electron chi connectivity index (χ1n) is 3.47. The minimum Gasteiger partial charge on any atom is -0.391 e. The first-order chi connectivity index (χ1) is 5.56. The number of nitrogens with zero attached hydrogens (tertiary/aromatic N) is 1. The molecule has 1 fully saturated rings. The highest BCUT2D eigenvalue weighted by molar-refractivity contribution is 5.50. The zero-order chi connectivity index (χ0) is 9.35. The van der Waals surface area contributed by atoms with Gasteiger partial charge in [-0.3, -0.25) is 4.79 Å². The Bertz CT molecular complexity index is 187. The molecule has 1 aliphatic rings. The maximum atomic E-state index is 10.3. The molecule has 1 aliphatic heterocycles. The zero-order valence-electron chi connectivity index (χ0n) is 6.29. The number of rotatable bonds is 2. The summed E-state index contributed by atoms with van der Waals surface area (Å²) < 4.78 is 0. The fourth-order valence-corrected chi connectivity index (χ4v) is 1.26. The van der Waals surface area contributed by atoms with Gasteiger partial charge in [-0.1, -0.05) is 0 Å². The molecule has 1 heterocycles. The number of aliphatic hydroxyl groups is 4. The molecule has 12 heavy (non-hydrogen) atoms. The number of aliphatic hydroxyl groups excluding tert-OH is 3. The van der Waals surface area contributed by atoms with E-state index in [4.69, 9.17) is 15.3 Å². The minimum atomic E-state index is -2.04. The molecule has 6 heteroatoms. The number of amides is 1. The normalized spacial score (nSPS) is 41.8. The molecule has 1 rings (SSSR count). The lowest BCUT2D eigenvalue weighted by Crippen LogP contribution is -2.53. The average molecular weight is 177 g/mol. The van der Waals surface area contributed by atoms with Crippen molar-refractivity contribution in [2.45, 2.75) is 17.9 Å². The van der Waals surface area contributed by atoms with Crippen LogP contribution in [0.4, 0.5) is 0 Å². The third-order valence-corrected chi connectivity index (χ3v) is 2.08. The molecule has 4 N–H and O–H groups in total. The minimum absolute atomic E-state index is 0.179. The number of carbonyl (C=O) groups is 1. The molecule has 0 radical (unpaired) electrons. The van der Waals surface area contributed by atoms with Gasteiger partial charge in [0.2, 0.25) is 6.41 Å². The van der Waals surface area contributed by atoms with Crippen LogP contribution in [0.1, 0.15) is 0 Å². The van der Waals surface area contributed by atoms with Gasteiger partial charge in [0, 0.05) is 0 Å². The highest BCUT2D eigenvalue weighted by Gasteiger charge is 2.51. The Labute approximate surface area is 68.7 Å². The van der Waals surface area contributed by atoms with Crippen LogP contribution in [-0.4, -0.2) is 62.8 Å². The molecule has 0 aromatic heterocycles. The molecule has 0 saturated carbocycles. The lowest BCUT2D eigenvalue weighted by Gasteiger charge is -2.30. The van der Waals surface area contributed by atoms with Crippen molar-refractivity contribution in [1.82, 2.24) is 4.90 Å². The summed E-state index contributed by atoms with van der Waals surface area (Å²) >= 11 is 0. The van der Waals surface area contributed by atoms with Crippen molar-refractivity contribution in [3.05, 3.63) is 0 Å². The molecule has 3 atom stereocenters. The van der Waals surface area contributed by atoms with Crippen molar-refractivity contribution < 1.29 is 25.2 Å². The van der Waals surface area contributed by atoms with Crippen molar-refractivity contribution in [2.24, 2.45) is 0 Å². The Morgan fingerprint density at radius 2 is 2.17 bits per heavy atom. The second-order valence-corrected chi connectivity index (χ2v) is 2.81. The zero-order valence-corrected chi connectivity index (χ0v) is 6.29. The number of hydrogen-bond acceptors (Lipinski definition) is 5. The van der Waals surface area contributed by atoms with E-state index < -0.39 is 24.5 Å². The number of hydrogen-bond donors (Lipinski definition) is 4. The third kappa shape index (κ3) is 1.09. The molecule has 1 amide bonds. The SMILES string of the molecule is O=CN1C[C@H](O)[C@@H](O)[C@@]1(O)CO. The van der Waals surface area contributed by atoms with Crippen molar-refractivity contribution in [1.29, 1.82) is 0 Å². The van der Waals surface area contributed by atoms with E-state index in [-0.39, 0.29) is 13.0 Å². The summed E-state index contributed by atoms with van der Waals surface area (Å²) in [6, 6.07) is 0. The van der Waals surface area contributed by atoms with Crippen molar-refractivity contribution in [3.63, 3.8) is 0 Å². The van der Waals surface area contributed by atoms with Crippen LogP contribution in [0.15, 0.2) is 0 Å². The summed E-state index contributed by atoms with van der Waals surface area (Å²) in [5.41, 5.74) is -2.04. The van der Waals surface area contributed by atoms with Crippen LogP contribution in [0.25, 0.3) is 0 Å². The van der Waals surface area contributed by atoms with Gasteiger partial charge in [-0.15, -0.1) is 0 Å². The Kier molecular flexibility index (Phi) is 2.34. The van der Waals surface area contributed by atoms with Gasteiger partial charge in [0.1, 0.15) is 12.2 Å². The Morgan fingerprint density at radius 1 is 1.58 bits per heavy atom. The van der Waals surface area contributed by atoms with Crippen LogP contribution < -0.4 is 0 Å². The average Bonchev–Trinajstić information content (AvgIpc) is 2.30. The van der Waals surface area contributed by atoms with Crippen molar-refractivity contribution in [3.8, 4) is 0 Å². The summed E-state index contributed by atoms with van der Waals surface area (Å²) in [7, 11) is 0. The summed E-state index contributed by atoms with van der Waals surface area (Å²) in [4.78, 5) is 11.1. The second-order valence-electron chi connectivity index (χ2n) is 2.81. The van der Waals surface area contributed by atoms with Gasteiger partial charge in [0.15, 0.2) is 5.72 Å². The second kappa shape index (κ2) is 2.98. The van der Waals surface area contributed by atoms with E-state index in [1.165, 1.54) is 0 Å². The molecular formula is C6H11NO5. The van der Waals surface area contributed by atoms with Crippen LogP contribution in [-0.2, 0) is 4.79 Å². The topological polar surface area (TPSA) is 101 Å². The largest absolute Gasteiger partial charge is 0.391 e. The molecule has 0 spiro atoms. The van der Waals surface area contributed by atoms with Gasteiger partial charge in [0.25, 0.3) is 0 Å². The third-order valence-electron chi connectivity index (χ3n) is 2.08. The molecule has 0 aromatic rings. The van der Waals surface area contributed by atoms with Crippen molar-refractivity contribution in [2.75, 3.05) is 13.2 Å². The predicted octanol–water partition coefficient (Wildman–Crippen LogP) is -3.14. The lowest BCUT2D eigenvalue weighted by atomic mass is 10.1. The van der Waals surface area contributed by atoms with E-state index in [0.717, 1.165) is 4.90 Å². The maximum absolute atomic E-state index is 10.3. The Hall–Kier alpha value is -0.690. The van der Waals surface area contributed by atoms with Gasteiger partial charge in [-0.05, 0) is 0 Å². The number of β-amino-alcohol motifs (C(OH)–C–C–N with tert-alkyl or cyclic N) is 1. The summed E-state index contributed by atoms with van der Waals surface area (Å²) in [6.45, 7) is -0.980. The fourth-order valence-electron chi connectivity index (χ4n) is 1.26. The van der Waals surface area contributed by atoms with E-state index in [0.29, 0.717) is 0 Å². The highest BCUT2D eigenvalue weighted by atomic mass is 16.4. The van der Waals surface area contributed by atoms with E-state index in [1.54, 1.807) is 0 Å². The Balaban J connectivity index is 2.87. The van der Waals surface area contributed by atoms with Crippen molar-refractivity contribution >= 4 is 6.41 Å². The van der Waals surface area contributed by atoms with Crippen LogP contribution in [0, 0.1) is 0 Å². The maximum Gasteiger partial charge on any atom is 0.212 e. The molecule has 0 bridgehead atoms. The molecule has 0 unspecified atom stereocenters. The lowest BCUT2D eigenvalue weighted by molar-refractivity contribution is -0.176. The standard InChI is InChI=1S/C6H11NO5/c8-2-6(12)5(11)4(10)1-7(6)3-9/h3-5,8,10-12H,1-2H2/t4-,5+,6-/m0/s1. The Morgan fingerprint density at radius 3 is 2.50 bits per heavy atom. The van der Waals surface area contributed by atoms with Gasteiger partial charge in [0.05, 0.1) is 13.2 Å². The van der Waals surface area contributed by atoms with Gasteiger partial charge < -0.3 is 25.3 Å². The van der Waals surface area contributed by atoms with E-state index in [9.17, 15) is 9.90 Å². The summed E-state index contributed by atoms with van der Waals surface area (Å²) in [5.74, 6) is 0. The van der Waals surface area contributed by atoms with Crippen LogP contribution in [0.5, 0.6) is 0 Å². The van der Waals surface area contributed by atoms with E-state index in [2.05, 4.69) is 0 Å². The predicted molar refractivity (Wildman–Crippen MR) is 36.8 cm³/mol.